The van der Waals surface area contributed by atoms with E-state index in [0.29, 0.717) is 5.69 Å². The Morgan fingerprint density at radius 1 is 1.31 bits per heavy atom. The summed E-state index contributed by atoms with van der Waals surface area (Å²) in [5.74, 6) is -3.89. The summed E-state index contributed by atoms with van der Waals surface area (Å²) in [7, 11) is -3.48. The van der Waals surface area contributed by atoms with Gasteiger partial charge in [0.1, 0.15) is 11.7 Å². The van der Waals surface area contributed by atoms with Crippen molar-refractivity contribution in [1.82, 2.24) is 18.9 Å². The second kappa shape index (κ2) is 7.08. The van der Waals surface area contributed by atoms with Gasteiger partial charge in [-0.05, 0) is 18.9 Å². The number of rotatable bonds is 4. The van der Waals surface area contributed by atoms with Crippen LogP contribution in [0.4, 0.5) is 23.5 Å². The number of alkyl halides is 3. The molecule has 3 atom stereocenters. The molecule has 1 saturated carbocycles. The molecule has 2 aromatic rings. The zero-order valence-corrected chi connectivity index (χ0v) is 16.5. The van der Waals surface area contributed by atoms with Gasteiger partial charge >= 0.3 is 0 Å². The Morgan fingerprint density at radius 2 is 2.07 bits per heavy atom. The zero-order valence-electron chi connectivity index (χ0n) is 15.7. The fraction of sp³-hybridized carbons (Fsp3) is 0.647. The van der Waals surface area contributed by atoms with Gasteiger partial charge in [0, 0.05) is 37.5 Å². The van der Waals surface area contributed by atoms with Crippen LogP contribution >= 0.6 is 0 Å². The van der Waals surface area contributed by atoms with Crippen molar-refractivity contribution < 1.29 is 26.0 Å². The van der Waals surface area contributed by atoms with Crippen molar-refractivity contribution in [1.29, 1.82) is 0 Å². The molecule has 29 heavy (non-hydrogen) atoms. The van der Waals surface area contributed by atoms with Crippen LogP contribution in [0.3, 0.4) is 0 Å². The van der Waals surface area contributed by atoms with E-state index < -0.39 is 39.9 Å². The van der Waals surface area contributed by atoms with Gasteiger partial charge in [-0.1, -0.05) is 0 Å². The lowest BCUT2D eigenvalue weighted by Gasteiger charge is -2.33. The van der Waals surface area contributed by atoms with Crippen LogP contribution < -0.4 is 5.32 Å². The van der Waals surface area contributed by atoms with Gasteiger partial charge in [0.2, 0.25) is 21.9 Å². The van der Waals surface area contributed by atoms with E-state index >= 15 is 0 Å². The van der Waals surface area contributed by atoms with E-state index in [4.69, 9.17) is 0 Å². The molecule has 7 nitrogen and oxygen atoms in total. The summed E-state index contributed by atoms with van der Waals surface area (Å²) in [4.78, 5) is 4.00. The first-order valence-corrected chi connectivity index (χ1v) is 11.2. The summed E-state index contributed by atoms with van der Waals surface area (Å²) < 4.78 is 81.4. The Kier molecular flexibility index (Phi) is 4.96. The van der Waals surface area contributed by atoms with E-state index in [2.05, 4.69) is 15.4 Å². The minimum atomic E-state index is -3.48. The number of sulfonamides is 1. The summed E-state index contributed by atoms with van der Waals surface area (Å²) in [5.41, 5.74) is 0.397. The minimum Gasteiger partial charge on any atom is -0.347 e. The predicted molar refractivity (Wildman–Crippen MR) is 97.8 cm³/mol. The van der Waals surface area contributed by atoms with Gasteiger partial charge in [0.15, 0.2) is 5.82 Å². The third-order valence-corrected chi connectivity index (χ3v) is 6.88. The molecule has 0 amide bonds. The number of nitrogens with one attached hydrogen (secondary N) is 1. The van der Waals surface area contributed by atoms with Crippen molar-refractivity contribution in [3.63, 3.8) is 0 Å². The molecule has 0 radical (unpaired) electrons. The van der Waals surface area contributed by atoms with Crippen molar-refractivity contribution in [2.75, 3.05) is 24.7 Å². The first kappa shape index (κ1) is 20.3. The van der Waals surface area contributed by atoms with Crippen molar-refractivity contribution in [3.05, 3.63) is 23.8 Å². The number of piperidine rings is 1. The number of nitrogens with zero attached hydrogens (tertiary/aromatic N) is 4. The van der Waals surface area contributed by atoms with Crippen LogP contribution in [-0.2, 0) is 10.0 Å². The second-order valence-electron chi connectivity index (χ2n) is 7.77. The van der Waals surface area contributed by atoms with Gasteiger partial charge in [-0.2, -0.15) is 4.31 Å². The van der Waals surface area contributed by atoms with Gasteiger partial charge in [0.25, 0.3) is 0 Å². The molecule has 2 aliphatic rings. The zero-order chi connectivity index (χ0) is 21.0. The molecule has 160 valence electrons. The Hall–Kier alpha value is -1.95. The van der Waals surface area contributed by atoms with Crippen LogP contribution in [0.5, 0.6) is 0 Å². The minimum absolute atomic E-state index is 0.0274. The molecule has 0 aromatic carbocycles. The van der Waals surface area contributed by atoms with E-state index in [-0.39, 0.29) is 50.2 Å². The van der Waals surface area contributed by atoms with Crippen LogP contribution in [0.1, 0.15) is 37.3 Å². The highest BCUT2D eigenvalue weighted by Crippen LogP contribution is 2.44. The smallest absolute Gasteiger partial charge is 0.248 e. The number of hydrogen-bond acceptors (Lipinski definition) is 5. The fourth-order valence-corrected chi connectivity index (χ4v) is 4.89. The molecule has 1 N–H and O–H groups in total. The van der Waals surface area contributed by atoms with E-state index in [9.17, 15) is 26.0 Å². The largest absolute Gasteiger partial charge is 0.347 e. The molecule has 1 unspecified atom stereocenters. The summed E-state index contributed by atoms with van der Waals surface area (Å²) >= 11 is 0. The number of fused-ring (bicyclic) bond motifs is 1. The van der Waals surface area contributed by atoms with Crippen LogP contribution in [0.15, 0.2) is 12.3 Å². The van der Waals surface area contributed by atoms with Crippen molar-refractivity contribution in [2.24, 2.45) is 0 Å². The highest BCUT2D eigenvalue weighted by atomic mass is 32.2. The molecule has 1 saturated heterocycles. The third-order valence-electron chi connectivity index (χ3n) is 5.61. The molecule has 12 heteroatoms. The maximum Gasteiger partial charge on any atom is 0.248 e. The molecule has 0 bridgehead atoms. The van der Waals surface area contributed by atoms with Gasteiger partial charge in [-0.15, -0.1) is 5.10 Å². The SMILES string of the molecule is CS(=O)(=O)N1CC[C@@H](Nc2ncc3c(F)cc(C4CCC(F)(F)C4)n3n2)[C@H](F)C1. The summed E-state index contributed by atoms with van der Waals surface area (Å²) in [5, 5.41) is 7.02. The standard InChI is InChI=1S/C17H21F4N5O2S/c1-29(27,28)25-5-3-13(12(19)9-25)23-16-22-8-15-11(18)6-14(26(15)24-16)10-2-4-17(20,21)7-10/h6,8,10,12-13H,2-5,7,9H2,1H3,(H,23,24)/t10?,12-,13-/m1/s1. The third kappa shape index (κ3) is 4.04. The highest BCUT2D eigenvalue weighted by molar-refractivity contribution is 7.88. The molecule has 0 spiro atoms. The Bertz CT molecular complexity index is 1030. The van der Waals surface area contributed by atoms with Crippen LogP contribution in [-0.4, -0.2) is 64.8 Å². The molecular formula is C17H21F4N5O2S. The van der Waals surface area contributed by atoms with Crippen LogP contribution in [0, 0.1) is 5.82 Å². The first-order valence-electron chi connectivity index (χ1n) is 9.31. The van der Waals surface area contributed by atoms with Crippen molar-refractivity contribution in [2.45, 2.75) is 49.7 Å². The van der Waals surface area contributed by atoms with E-state index in [1.165, 1.54) is 16.8 Å². The lowest BCUT2D eigenvalue weighted by atomic mass is 10.0. The molecule has 4 rings (SSSR count). The summed E-state index contributed by atoms with van der Waals surface area (Å²) in [6.45, 7) is -0.126. The lowest BCUT2D eigenvalue weighted by Crippen LogP contribution is -2.49. The lowest BCUT2D eigenvalue weighted by molar-refractivity contribution is 0.00761. The van der Waals surface area contributed by atoms with Crippen LogP contribution in [0.2, 0.25) is 0 Å². The number of hydrogen-bond donors (Lipinski definition) is 1. The first-order chi connectivity index (χ1) is 13.5. The molecule has 1 aliphatic heterocycles. The number of aromatic nitrogens is 3. The van der Waals surface area contributed by atoms with Crippen molar-refractivity contribution >= 4 is 21.5 Å². The molecule has 1 aliphatic carbocycles. The molecule has 3 heterocycles. The van der Waals surface area contributed by atoms with Gasteiger partial charge < -0.3 is 5.32 Å². The Morgan fingerprint density at radius 3 is 2.69 bits per heavy atom. The topological polar surface area (TPSA) is 79.6 Å². The maximum absolute atomic E-state index is 14.5. The second-order valence-corrected chi connectivity index (χ2v) is 9.75. The summed E-state index contributed by atoms with van der Waals surface area (Å²) in [6, 6.07) is 0.479. The molecule has 2 aromatic heterocycles. The van der Waals surface area contributed by atoms with Gasteiger partial charge in [-0.3, -0.25) is 0 Å². The Balaban J connectivity index is 1.56. The van der Waals surface area contributed by atoms with E-state index in [0.717, 1.165) is 10.6 Å². The molecule has 2 fully saturated rings. The van der Waals surface area contributed by atoms with Gasteiger partial charge in [0.05, 0.1) is 18.5 Å². The quantitative estimate of drug-likeness (QED) is 0.747. The van der Waals surface area contributed by atoms with E-state index in [1.54, 1.807) is 0 Å². The van der Waals surface area contributed by atoms with Crippen molar-refractivity contribution in [3.8, 4) is 0 Å². The van der Waals surface area contributed by atoms with E-state index in [1.807, 2.05) is 0 Å². The fourth-order valence-electron chi connectivity index (χ4n) is 4.04. The normalized spacial score (nSPS) is 28.1. The van der Waals surface area contributed by atoms with Gasteiger partial charge in [-0.25, -0.2) is 35.5 Å². The maximum atomic E-state index is 14.5. The number of halogens is 4. The average molecular weight is 435 g/mol. The number of anilines is 1. The summed E-state index contributed by atoms with van der Waals surface area (Å²) in [6.07, 6.45) is 0.568. The predicted octanol–water partition coefficient (Wildman–Crippen LogP) is 2.56. The highest BCUT2D eigenvalue weighted by Gasteiger charge is 2.41. The Labute approximate surface area is 165 Å². The average Bonchev–Trinajstić information content (AvgIpc) is 3.15. The van der Waals surface area contributed by atoms with Crippen LogP contribution in [0.25, 0.3) is 5.52 Å². The molecular weight excluding hydrogens is 414 g/mol. The monoisotopic (exact) mass is 435 g/mol.